The Morgan fingerprint density at radius 3 is 2.41 bits per heavy atom. The molecule has 0 unspecified atom stereocenters. The molecule has 5 aliphatic rings. The van der Waals surface area contributed by atoms with Crippen molar-refractivity contribution in [2.75, 3.05) is 13.1 Å². The summed E-state index contributed by atoms with van der Waals surface area (Å²) in [7, 11) is 0. The van der Waals surface area contributed by atoms with E-state index < -0.39 is 0 Å². The molecular weight excluding hydrogens is 458 g/mol. The van der Waals surface area contributed by atoms with Gasteiger partial charge in [0.1, 0.15) is 0 Å². The molecule has 4 heteroatoms. The maximum Gasteiger partial charge on any atom is 0.228 e. The first-order valence-corrected chi connectivity index (χ1v) is 14.8. The Hall–Kier alpha value is -2.10. The smallest absolute Gasteiger partial charge is 0.228 e. The van der Waals surface area contributed by atoms with Crippen molar-refractivity contribution in [2.24, 2.45) is 34.0 Å². The monoisotopic (exact) mass is 505 g/mol. The fourth-order valence-corrected chi connectivity index (χ4v) is 8.66. The molecule has 0 aromatic rings. The summed E-state index contributed by atoms with van der Waals surface area (Å²) in [6, 6.07) is 0. The fourth-order valence-electron chi connectivity index (χ4n) is 8.66. The van der Waals surface area contributed by atoms with Crippen LogP contribution in [0.1, 0.15) is 99.3 Å². The second-order valence-corrected chi connectivity index (χ2v) is 13.9. The number of ketones is 1. The molecule has 1 N–H and O–H groups in total. The molecule has 6 atom stereocenters. The highest BCUT2D eigenvalue weighted by Gasteiger charge is 2.52. The number of fused-ring (bicyclic) bond motifs is 4. The SMILES string of the molecule is CC1=C(O)C(=O)C=C2C1=CC=C1[C@@H](C)CC[C@@]3(C)CC[C@@](C)(C(=O)N4CCCC4)C[C@H]3[C@H](C)CC[C@@]21C. The number of likely N-dealkylation sites (tertiary alicyclic amines) is 1. The van der Waals surface area contributed by atoms with Gasteiger partial charge in [-0.3, -0.25) is 9.59 Å². The molecule has 0 radical (unpaired) electrons. The van der Waals surface area contributed by atoms with Crippen LogP contribution in [0.3, 0.4) is 0 Å². The average molecular weight is 506 g/mol. The van der Waals surface area contributed by atoms with Crippen molar-refractivity contribution < 1.29 is 14.7 Å². The molecule has 37 heavy (non-hydrogen) atoms. The molecule has 3 fully saturated rings. The Morgan fingerprint density at radius 1 is 1.00 bits per heavy atom. The van der Waals surface area contributed by atoms with E-state index in [0.29, 0.717) is 29.2 Å². The van der Waals surface area contributed by atoms with Gasteiger partial charge in [-0.15, -0.1) is 0 Å². The van der Waals surface area contributed by atoms with Gasteiger partial charge in [-0.1, -0.05) is 52.3 Å². The molecule has 0 spiro atoms. The van der Waals surface area contributed by atoms with Crippen molar-refractivity contribution in [1.82, 2.24) is 4.90 Å². The third-order valence-electron chi connectivity index (χ3n) is 11.4. The molecule has 4 aliphatic carbocycles. The Bertz CT molecular complexity index is 1120. The van der Waals surface area contributed by atoms with Crippen LogP contribution >= 0.6 is 0 Å². The molecule has 0 bridgehead atoms. The van der Waals surface area contributed by atoms with Crippen molar-refractivity contribution in [2.45, 2.75) is 99.3 Å². The van der Waals surface area contributed by atoms with Gasteiger partial charge in [0, 0.05) is 29.5 Å². The van der Waals surface area contributed by atoms with Gasteiger partial charge in [0.2, 0.25) is 11.7 Å². The van der Waals surface area contributed by atoms with Crippen molar-refractivity contribution >= 4 is 11.7 Å². The molecule has 0 aromatic carbocycles. The van der Waals surface area contributed by atoms with Crippen LogP contribution in [-0.2, 0) is 9.59 Å². The molecular formula is C33H47NO3. The minimum absolute atomic E-state index is 0.114. The molecule has 4 nitrogen and oxygen atoms in total. The minimum Gasteiger partial charge on any atom is -0.504 e. The Labute approximate surface area is 224 Å². The van der Waals surface area contributed by atoms with Gasteiger partial charge < -0.3 is 10.0 Å². The maximum absolute atomic E-state index is 13.7. The summed E-state index contributed by atoms with van der Waals surface area (Å²) in [5.74, 6) is 1.46. The van der Waals surface area contributed by atoms with E-state index in [4.69, 9.17) is 0 Å². The fraction of sp³-hybridized carbons (Fsp3) is 0.697. The van der Waals surface area contributed by atoms with E-state index in [1.807, 2.05) is 6.92 Å². The number of allylic oxidation sites excluding steroid dienone is 7. The molecule has 1 aliphatic heterocycles. The number of hydrogen-bond acceptors (Lipinski definition) is 3. The number of carbonyl (C=O) groups is 2. The quantitative estimate of drug-likeness (QED) is 0.402. The van der Waals surface area contributed by atoms with Gasteiger partial charge in [0.15, 0.2) is 5.76 Å². The summed E-state index contributed by atoms with van der Waals surface area (Å²) in [6.45, 7) is 15.6. The van der Waals surface area contributed by atoms with Crippen LogP contribution in [0.25, 0.3) is 0 Å². The number of nitrogens with zero attached hydrogens (tertiary/aromatic N) is 1. The average Bonchev–Trinajstić information content (AvgIpc) is 3.41. The highest BCUT2D eigenvalue weighted by Crippen LogP contribution is 2.59. The number of carbonyl (C=O) groups excluding carboxylic acids is 2. The number of aliphatic hydroxyl groups is 1. The van der Waals surface area contributed by atoms with E-state index in [9.17, 15) is 14.7 Å². The van der Waals surface area contributed by atoms with Crippen molar-refractivity contribution in [1.29, 1.82) is 0 Å². The van der Waals surface area contributed by atoms with Crippen LogP contribution in [0.4, 0.5) is 0 Å². The molecule has 1 amide bonds. The highest BCUT2D eigenvalue weighted by molar-refractivity contribution is 6.06. The lowest BCUT2D eigenvalue weighted by Crippen LogP contribution is -2.49. The van der Waals surface area contributed by atoms with E-state index in [0.717, 1.165) is 75.6 Å². The molecule has 5 rings (SSSR count). The van der Waals surface area contributed by atoms with Crippen LogP contribution in [0, 0.1) is 34.0 Å². The van der Waals surface area contributed by atoms with Crippen LogP contribution < -0.4 is 0 Å². The standard InChI is InChI=1S/C33H47NO3/c1-21-11-13-31(4)15-16-32(5,30(37)34-17-7-8-18-34)20-27(31)22(2)12-14-33(6)25(21)10-9-24-23(3)29(36)28(35)19-26(24)33/h9-10,19,21-22,27,36H,7-8,11-18,20H2,1-6H3/t21-,22+,27-,31-,32+,33+/m0/s1. The predicted molar refractivity (Wildman–Crippen MR) is 149 cm³/mol. The van der Waals surface area contributed by atoms with Crippen molar-refractivity contribution in [3.63, 3.8) is 0 Å². The van der Waals surface area contributed by atoms with Gasteiger partial charge in [0.05, 0.1) is 0 Å². The summed E-state index contributed by atoms with van der Waals surface area (Å²) in [6.07, 6.45) is 15.9. The largest absolute Gasteiger partial charge is 0.504 e. The first kappa shape index (κ1) is 26.5. The maximum atomic E-state index is 13.7. The normalized spacial score (nSPS) is 40.7. The molecule has 2 saturated carbocycles. The second-order valence-electron chi connectivity index (χ2n) is 13.9. The van der Waals surface area contributed by atoms with Crippen LogP contribution in [0.2, 0.25) is 0 Å². The molecule has 1 heterocycles. The number of hydrogen-bond donors (Lipinski definition) is 1. The summed E-state index contributed by atoms with van der Waals surface area (Å²) in [5, 5.41) is 10.4. The molecule has 0 aromatic heterocycles. The Kier molecular flexibility index (Phi) is 6.64. The molecule has 202 valence electrons. The first-order valence-electron chi connectivity index (χ1n) is 14.8. The summed E-state index contributed by atoms with van der Waals surface area (Å²) >= 11 is 0. The van der Waals surface area contributed by atoms with Crippen molar-refractivity contribution in [3.05, 3.63) is 46.3 Å². The van der Waals surface area contributed by atoms with E-state index >= 15 is 0 Å². The van der Waals surface area contributed by atoms with E-state index in [1.54, 1.807) is 6.08 Å². The third-order valence-corrected chi connectivity index (χ3v) is 11.4. The Balaban J connectivity index is 1.46. The number of rotatable bonds is 1. The second kappa shape index (κ2) is 9.27. The van der Waals surface area contributed by atoms with E-state index in [1.165, 1.54) is 12.0 Å². The van der Waals surface area contributed by atoms with Gasteiger partial charge in [-0.05, 0) is 105 Å². The van der Waals surface area contributed by atoms with E-state index in [2.05, 4.69) is 51.7 Å². The third kappa shape index (κ3) is 4.27. The van der Waals surface area contributed by atoms with Gasteiger partial charge in [-0.25, -0.2) is 0 Å². The molecule has 1 saturated heterocycles. The van der Waals surface area contributed by atoms with Crippen LogP contribution in [0.15, 0.2) is 46.3 Å². The lowest BCUT2D eigenvalue weighted by atomic mass is 9.52. The zero-order valence-electron chi connectivity index (χ0n) is 24.0. The van der Waals surface area contributed by atoms with E-state index in [-0.39, 0.29) is 27.8 Å². The lowest BCUT2D eigenvalue weighted by molar-refractivity contribution is -0.147. The van der Waals surface area contributed by atoms with Gasteiger partial charge in [0.25, 0.3) is 0 Å². The van der Waals surface area contributed by atoms with Crippen LogP contribution in [0.5, 0.6) is 0 Å². The van der Waals surface area contributed by atoms with Crippen LogP contribution in [-0.4, -0.2) is 34.8 Å². The Morgan fingerprint density at radius 2 is 1.70 bits per heavy atom. The zero-order valence-corrected chi connectivity index (χ0v) is 24.0. The lowest BCUT2D eigenvalue weighted by Gasteiger charge is -2.53. The van der Waals surface area contributed by atoms with Gasteiger partial charge in [-0.2, -0.15) is 0 Å². The highest BCUT2D eigenvalue weighted by atomic mass is 16.3. The van der Waals surface area contributed by atoms with Gasteiger partial charge >= 0.3 is 0 Å². The summed E-state index contributed by atoms with van der Waals surface area (Å²) < 4.78 is 0. The van der Waals surface area contributed by atoms with Crippen molar-refractivity contribution in [3.8, 4) is 0 Å². The number of amides is 1. The first-order chi connectivity index (χ1) is 17.4. The summed E-state index contributed by atoms with van der Waals surface area (Å²) in [5.41, 5.74) is 4.04. The zero-order chi connectivity index (χ0) is 26.8. The topological polar surface area (TPSA) is 57.6 Å². The number of aliphatic hydroxyl groups excluding tert-OH is 1. The minimum atomic E-state index is -0.263. The predicted octanol–water partition coefficient (Wildman–Crippen LogP) is 7.48. The summed E-state index contributed by atoms with van der Waals surface area (Å²) in [4.78, 5) is 28.5.